The summed E-state index contributed by atoms with van der Waals surface area (Å²) >= 11 is 1.63. The van der Waals surface area contributed by atoms with Crippen LogP contribution in [0.1, 0.15) is 33.8 Å². The summed E-state index contributed by atoms with van der Waals surface area (Å²) in [6.07, 6.45) is 3.36. The molecule has 0 aliphatic carbocycles. The fourth-order valence-corrected chi connectivity index (χ4v) is 4.98. The number of pyridine rings is 1. The number of anilines is 2. The van der Waals surface area contributed by atoms with Crippen LogP contribution in [-0.4, -0.2) is 35.0 Å². The number of carbonyl (C=O) groups is 1. The van der Waals surface area contributed by atoms with Gasteiger partial charge in [0.2, 0.25) is 0 Å². The van der Waals surface area contributed by atoms with E-state index in [1.54, 1.807) is 42.8 Å². The van der Waals surface area contributed by atoms with Gasteiger partial charge in [0, 0.05) is 30.0 Å². The first-order valence-corrected chi connectivity index (χ1v) is 13.1. The summed E-state index contributed by atoms with van der Waals surface area (Å²) in [5.74, 6) is -1.03. The zero-order valence-electron chi connectivity index (χ0n) is 21.6. The van der Waals surface area contributed by atoms with E-state index in [2.05, 4.69) is 26.7 Å². The van der Waals surface area contributed by atoms with Crippen LogP contribution in [0.15, 0.2) is 73.1 Å². The van der Waals surface area contributed by atoms with E-state index in [1.165, 1.54) is 6.07 Å². The predicted octanol–water partition coefficient (Wildman–Crippen LogP) is 6.20. The van der Waals surface area contributed by atoms with Crippen LogP contribution in [0.2, 0.25) is 0 Å². The van der Waals surface area contributed by atoms with Crippen molar-refractivity contribution in [3.05, 3.63) is 101 Å². The Morgan fingerprint density at radius 3 is 2.64 bits per heavy atom. The molecule has 3 aromatic heterocycles. The van der Waals surface area contributed by atoms with E-state index in [4.69, 9.17) is 4.98 Å². The molecule has 0 aliphatic heterocycles. The largest absolute Gasteiger partial charge is 0.365 e. The van der Waals surface area contributed by atoms with E-state index in [0.29, 0.717) is 23.5 Å². The number of hydrogen-bond donors (Lipinski definition) is 2. The van der Waals surface area contributed by atoms with E-state index < -0.39 is 17.7 Å². The molecule has 5 aromatic rings. The molecule has 0 bridgehead atoms. The summed E-state index contributed by atoms with van der Waals surface area (Å²) in [5, 5.41) is 6.08. The van der Waals surface area contributed by atoms with E-state index in [1.807, 2.05) is 43.3 Å². The Balaban J connectivity index is 1.28. The molecule has 1 unspecified atom stereocenters. The van der Waals surface area contributed by atoms with Gasteiger partial charge in [0.1, 0.15) is 11.6 Å². The van der Waals surface area contributed by atoms with Crippen molar-refractivity contribution in [1.29, 1.82) is 0 Å². The maximum Gasteiger partial charge on any atom is 0.255 e. The second-order valence-electron chi connectivity index (χ2n) is 9.21. The molecule has 0 fully saturated rings. The van der Waals surface area contributed by atoms with Crippen molar-refractivity contribution in [3.8, 4) is 10.4 Å². The number of benzene rings is 2. The average molecular weight is 545 g/mol. The van der Waals surface area contributed by atoms with Crippen molar-refractivity contribution in [2.45, 2.75) is 19.5 Å². The number of aromatic nitrogens is 3. The predicted molar refractivity (Wildman–Crippen MR) is 151 cm³/mol. The second kappa shape index (κ2) is 11.1. The molecule has 7 nitrogen and oxygen atoms in total. The molecule has 0 saturated carbocycles. The third-order valence-electron chi connectivity index (χ3n) is 6.21. The van der Waals surface area contributed by atoms with Gasteiger partial charge in [-0.1, -0.05) is 12.1 Å². The van der Waals surface area contributed by atoms with Gasteiger partial charge >= 0.3 is 0 Å². The number of rotatable bonds is 8. The quantitative estimate of drug-likeness (QED) is 0.242. The van der Waals surface area contributed by atoms with Gasteiger partial charge in [-0.05, 0) is 66.6 Å². The Hall–Kier alpha value is -4.44. The van der Waals surface area contributed by atoms with Crippen LogP contribution >= 0.6 is 11.3 Å². The maximum absolute atomic E-state index is 13.6. The molecule has 39 heavy (non-hydrogen) atoms. The minimum Gasteiger partial charge on any atom is -0.365 e. The first-order valence-electron chi connectivity index (χ1n) is 12.3. The number of thiophene rings is 1. The van der Waals surface area contributed by atoms with E-state index in [-0.39, 0.29) is 5.91 Å². The minimum atomic E-state index is -0.956. The van der Waals surface area contributed by atoms with Crippen molar-refractivity contribution < 1.29 is 13.6 Å². The number of amides is 1. The molecular weight excluding hydrogens is 518 g/mol. The summed E-state index contributed by atoms with van der Waals surface area (Å²) < 4.78 is 26.9. The molecular formula is C29H26F2N6OS. The fraction of sp³-hybridized carbons (Fsp3) is 0.172. The first-order chi connectivity index (χ1) is 18.8. The zero-order chi connectivity index (χ0) is 27.5. The highest BCUT2D eigenvalue weighted by Gasteiger charge is 2.17. The highest BCUT2D eigenvalue weighted by atomic mass is 32.1. The van der Waals surface area contributed by atoms with Gasteiger partial charge in [-0.15, -0.1) is 11.3 Å². The third-order valence-corrected chi connectivity index (χ3v) is 7.34. The topological polar surface area (TPSA) is 83.0 Å². The van der Waals surface area contributed by atoms with Crippen LogP contribution < -0.4 is 15.5 Å². The monoisotopic (exact) mass is 544 g/mol. The minimum absolute atomic E-state index is 0.355. The average Bonchev–Trinajstić information content (AvgIpc) is 3.42. The van der Waals surface area contributed by atoms with Crippen LogP contribution in [0, 0.1) is 11.6 Å². The number of carbonyl (C=O) groups excluding carboxylic acids is 1. The van der Waals surface area contributed by atoms with Crippen LogP contribution in [0.5, 0.6) is 0 Å². The molecule has 0 radical (unpaired) electrons. The number of nitrogens with zero attached hydrogens (tertiary/aromatic N) is 4. The molecule has 5 rings (SSSR count). The first kappa shape index (κ1) is 26.2. The van der Waals surface area contributed by atoms with Crippen molar-refractivity contribution >= 4 is 39.9 Å². The van der Waals surface area contributed by atoms with Gasteiger partial charge in [0.25, 0.3) is 5.91 Å². The smallest absolute Gasteiger partial charge is 0.255 e. The Bertz CT molecular complexity index is 1650. The molecule has 0 saturated heterocycles. The second-order valence-corrected chi connectivity index (χ2v) is 10.4. The van der Waals surface area contributed by atoms with Crippen molar-refractivity contribution in [3.63, 3.8) is 0 Å². The number of nitrogens with one attached hydrogen (secondary N) is 2. The summed E-state index contributed by atoms with van der Waals surface area (Å²) in [7, 11) is 3.87. The van der Waals surface area contributed by atoms with Gasteiger partial charge in [-0.25, -0.2) is 18.7 Å². The molecule has 2 aromatic carbocycles. The summed E-state index contributed by atoms with van der Waals surface area (Å²) in [5.41, 5.74) is 3.53. The van der Waals surface area contributed by atoms with Gasteiger partial charge in [0.15, 0.2) is 11.6 Å². The molecule has 2 N–H and O–H groups in total. The van der Waals surface area contributed by atoms with Gasteiger partial charge in [-0.3, -0.25) is 9.78 Å². The summed E-state index contributed by atoms with van der Waals surface area (Å²) in [6.45, 7) is 2.18. The number of fused-ring (bicyclic) bond motifs is 1. The standard InChI is InChI=1S/C29H26F2N6OS/c1-17(18-6-9-22(30)23(31)13-18)35-29(38)21-5-4-12-32-28(21)34-15-20-8-11-26(39-20)19-7-10-24-25(14-19)36-27(16-33-24)37(2)3/h4-14,16-17H,15H2,1-3H3,(H,32,34)(H,35,38). The van der Waals surface area contributed by atoms with Crippen LogP contribution in [0.25, 0.3) is 21.5 Å². The van der Waals surface area contributed by atoms with E-state index in [0.717, 1.165) is 44.3 Å². The fourth-order valence-electron chi connectivity index (χ4n) is 4.04. The molecule has 1 atom stereocenters. The lowest BCUT2D eigenvalue weighted by atomic mass is 10.1. The third kappa shape index (κ3) is 5.85. The van der Waals surface area contributed by atoms with E-state index in [9.17, 15) is 13.6 Å². The van der Waals surface area contributed by atoms with Crippen LogP contribution in [-0.2, 0) is 6.54 Å². The van der Waals surface area contributed by atoms with Crippen molar-refractivity contribution in [1.82, 2.24) is 20.3 Å². The van der Waals surface area contributed by atoms with Crippen molar-refractivity contribution in [2.24, 2.45) is 0 Å². The number of halogens is 2. The zero-order valence-corrected chi connectivity index (χ0v) is 22.4. The summed E-state index contributed by atoms with van der Waals surface area (Å²) in [6, 6.07) is 16.5. The Morgan fingerprint density at radius 1 is 1.00 bits per heavy atom. The number of hydrogen-bond acceptors (Lipinski definition) is 7. The lowest BCUT2D eigenvalue weighted by molar-refractivity contribution is 0.0940. The molecule has 0 aliphatic rings. The Labute approximate surface area is 228 Å². The molecule has 198 valence electrons. The molecule has 1 amide bonds. The maximum atomic E-state index is 13.6. The van der Waals surface area contributed by atoms with Gasteiger partial charge in [-0.2, -0.15) is 0 Å². The molecule has 3 heterocycles. The summed E-state index contributed by atoms with van der Waals surface area (Å²) in [4.78, 5) is 30.6. The van der Waals surface area contributed by atoms with Crippen LogP contribution in [0.4, 0.5) is 20.4 Å². The SMILES string of the molecule is CC(NC(=O)c1cccnc1NCc1ccc(-c2ccc3ncc(N(C)C)nc3c2)s1)c1ccc(F)c(F)c1. The lowest BCUT2D eigenvalue weighted by Gasteiger charge is -2.16. The highest BCUT2D eigenvalue weighted by Crippen LogP contribution is 2.31. The van der Waals surface area contributed by atoms with Crippen LogP contribution in [0.3, 0.4) is 0 Å². The Kier molecular flexibility index (Phi) is 7.47. The highest BCUT2D eigenvalue weighted by molar-refractivity contribution is 7.15. The van der Waals surface area contributed by atoms with Gasteiger partial charge < -0.3 is 15.5 Å². The van der Waals surface area contributed by atoms with Crippen molar-refractivity contribution in [2.75, 3.05) is 24.3 Å². The molecule has 0 spiro atoms. The van der Waals surface area contributed by atoms with Gasteiger partial charge in [0.05, 0.1) is 35.4 Å². The van der Waals surface area contributed by atoms with E-state index >= 15 is 0 Å². The lowest BCUT2D eigenvalue weighted by Crippen LogP contribution is -2.27. The normalized spacial score (nSPS) is 11.8. The molecule has 10 heteroatoms. The Morgan fingerprint density at radius 2 is 1.85 bits per heavy atom.